The maximum Gasteiger partial charge on any atom is -0.147 e. The summed E-state index contributed by atoms with van der Waals surface area (Å²) in [6, 6.07) is 0. The van der Waals surface area contributed by atoms with Crippen molar-refractivity contribution in [1.82, 2.24) is 0 Å². The van der Waals surface area contributed by atoms with Crippen LogP contribution in [0.5, 0.6) is 0 Å². The summed E-state index contributed by atoms with van der Waals surface area (Å²) in [4.78, 5) is 0. The fourth-order valence-electron chi connectivity index (χ4n) is 6.28. The molecule has 1 aliphatic carbocycles. The molecule has 153 valence electrons. The molecule has 0 saturated heterocycles. The molecule has 0 amide bonds. The van der Waals surface area contributed by atoms with Gasteiger partial charge >= 0.3 is 142 Å². The van der Waals surface area contributed by atoms with Crippen LogP contribution in [0.1, 0.15) is 61.8 Å². The van der Waals surface area contributed by atoms with Crippen LogP contribution in [0, 0.1) is 23.7 Å². The molecule has 0 N–H and O–H groups in total. The van der Waals surface area contributed by atoms with Gasteiger partial charge in [-0.25, -0.2) is 0 Å². The van der Waals surface area contributed by atoms with Crippen LogP contribution in [0.2, 0.25) is 18.9 Å². The van der Waals surface area contributed by atoms with Crippen molar-refractivity contribution >= 4 is 37.2 Å². The molecule has 0 nitrogen and oxygen atoms in total. The van der Waals surface area contributed by atoms with Crippen molar-refractivity contribution in [3.63, 3.8) is 0 Å². The van der Waals surface area contributed by atoms with Crippen molar-refractivity contribution in [2.24, 2.45) is 23.7 Å². The Bertz CT molecular complexity index is 371. The van der Waals surface area contributed by atoms with Crippen LogP contribution in [0.3, 0.4) is 0 Å². The molecule has 1 aliphatic rings. The minimum atomic E-state index is -2.73. The summed E-state index contributed by atoms with van der Waals surface area (Å²) in [5, 5.41) is 0. The van der Waals surface area contributed by atoms with E-state index in [2.05, 4.69) is 73.6 Å². The minimum Gasteiger partial charge on any atom is -0.147 e. The summed E-state index contributed by atoms with van der Waals surface area (Å²) in [7, 11) is 0. The van der Waals surface area contributed by atoms with Gasteiger partial charge in [-0.1, -0.05) is 0 Å². The summed E-state index contributed by atoms with van der Waals surface area (Å²) in [6.07, 6.45) is 8.57. The topological polar surface area (TPSA) is 0 Å². The normalized spacial score (nSPS) is 15.5. The average Bonchev–Trinajstić information content (AvgIpc) is 2.77. The van der Waals surface area contributed by atoms with E-state index >= 15 is 0 Å². The van der Waals surface area contributed by atoms with Crippen LogP contribution in [0.15, 0.2) is 22.1 Å². The Hall–Kier alpha value is 1.06. The molecule has 0 radical (unpaired) electrons. The van der Waals surface area contributed by atoms with Gasteiger partial charge in [-0.15, -0.1) is 37.2 Å². The fraction of sp³-hybridized carbons (Fsp3) is 0.810. The van der Waals surface area contributed by atoms with Gasteiger partial charge in [-0.05, 0) is 0 Å². The molecule has 0 saturated carbocycles. The summed E-state index contributed by atoms with van der Waals surface area (Å²) in [5.74, 6) is 3.31. The number of halogens is 3. The van der Waals surface area contributed by atoms with Crippen molar-refractivity contribution in [2.45, 2.75) is 80.7 Å². The first kappa shape index (κ1) is 30.8. The Kier molecular flexibility index (Phi) is 15.4. The van der Waals surface area contributed by atoms with Gasteiger partial charge in [-0.2, -0.15) is 0 Å². The number of hydrogen-bond donors (Lipinski definition) is 0. The summed E-state index contributed by atoms with van der Waals surface area (Å²) < 4.78 is 8.03. The maximum absolute atomic E-state index is 2.73. The molecule has 4 heteroatoms. The Morgan fingerprint density at radius 3 is 1.20 bits per heavy atom. The van der Waals surface area contributed by atoms with Gasteiger partial charge in [0.2, 0.25) is 0 Å². The van der Waals surface area contributed by atoms with Crippen molar-refractivity contribution in [3.05, 3.63) is 22.1 Å². The third-order valence-electron chi connectivity index (χ3n) is 5.45. The molecule has 0 aromatic heterocycles. The van der Waals surface area contributed by atoms with Crippen molar-refractivity contribution in [3.8, 4) is 0 Å². The monoisotopic (exact) mass is 449 g/mol. The zero-order valence-electron chi connectivity index (χ0n) is 17.8. The van der Waals surface area contributed by atoms with Crippen LogP contribution in [0.4, 0.5) is 0 Å². The van der Waals surface area contributed by atoms with Gasteiger partial charge in [-0.3, -0.25) is 0 Å². The molecule has 0 aromatic rings. The van der Waals surface area contributed by atoms with E-state index in [1.54, 1.807) is 0 Å². The van der Waals surface area contributed by atoms with Gasteiger partial charge in [0, 0.05) is 0 Å². The molecule has 25 heavy (non-hydrogen) atoms. The quantitative estimate of drug-likeness (QED) is 0.307. The molecule has 0 bridgehead atoms. The Morgan fingerprint density at radius 1 is 0.680 bits per heavy atom. The van der Waals surface area contributed by atoms with Crippen LogP contribution in [-0.4, -0.2) is 0 Å². The zero-order valence-corrected chi connectivity index (χ0v) is 21.8. The molecule has 0 aromatic carbocycles. The summed E-state index contributed by atoms with van der Waals surface area (Å²) >= 11 is -2.73. The predicted molar refractivity (Wildman–Crippen MR) is 122 cm³/mol. The minimum absolute atomic E-state index is 0. The number of hydrogen-bond acceptors (Lipinski definition) is 0. The molecule has 0 atom stereocenters. The first-order chi connectivity index (χ1) is 10.1. The molecule has 0 heterocycles. The molecule has 1 rings (SSSR count). The maximum atomic E-state index is 2.55. The Morgan fingerprint density at radius 2 is 1.00 bits per heavy atom. The molecule has 0 fully saturated rings. The van der Waals surface area contributed by atoms with E-state index in [1.807, 2.05) is 3.88 Å². The first-order valence-corrected chi connectivity index (χ1v) is 14.8. The van der Waals surface area contributed by atoms with Gasteiger partial charge < -0.3 is 0 Å². The molecular formula is C21H44Cl3Ti. The van der Waals surface area contributed by atoms with Crippen molar-refractivity contribution < 1.29 is 15.3 Å². The second-order valence-electron chi connectivity index (χ2n) is 9.92. The molecule has 0 spiro atoms. The second kappa shape index (κ2) is 12.5. The van der Waals surface area contributed by atoms with E-state index in [0.717, 1.165) is 23.7 Å². The number of allylic oxidation sites excluding steroid dienone is 4. The third-order valence-corrected chi connectivity index (χ3v) is 20.7. The SMILES string of the molecule is CC(C)[CH2][Ti]([CH2]C(C)C)([CH2]C(C)C)([CH2]C(C)C)[C]1=CC=CC1.Cl.Cl.Cl. The third kappa shape index (κ3) is 8.31. The standard InChI is InChI=1S/C5H5.4C4H9.3ClH.Ti/c1-2-4-5-3-1;4*1-4(2)3;;;;/h1-3H,4H2;4*4H,1H2,2-3H3;3*1H;. The molecular weight excluding hydrogens is 406 g/mol. The fourth-order valence-corrected chi connectivity index (χ4v) is 24.8. The zero-order chi connectivity index (χ0) is 17.0. The molecule has 0 aliphatic heterocycles. The number of rotatable bonds is 9. The van der Waals surface area contributed by atoms with E-state index in [-0.39, 0.29) is 37.2 Å². The summed E-state index contributed by atoms with van der Waals surface area (Å²) in [5.41, 5.74) is 0. The second-order valence-corrected chi connectivity index (χ2v) is 20.4. The van der Waals surface area contributed by atoms with Gasteiger partial charge in [0.1, 0.15) is 0 Å². The van der Waals surface area contributed by atoms with Gasteiger partial charge in [0.15, 0.2) is 0 Å². The van der Waals surface area contributed by atoms with Gasteiger partial charge in [0.25, 0.3) is 0 Å². The Labute approximate surface area is 178 Å². The van der Waals surface area contributed by atoms with E-state index in [1.165, 1.54) is 25.3 Å². The Balaban J connectivity index is -0.00000161. The summed E-state index contributed by atoms with van der Waals surface area (Å²) in [6.45, 7) is 19.7. The van der Waals surface area contributed by atoms with Crippen LogP contribution in [0.25, 0.3) is 0 Å². The van der Waals surface area contributed by atoms with Crippen molar-refractivity contribution in [1.29, 1.82) is 0 Å². The van der Waals surface area contributed by atoms with E-state index in [4.69, 9.17) is 0 Å². The van der Waals surface area contributed by atoms with Crippen LogP contribution >= 0.6 is 37.2 Å². The van der Waals surface area contributed by atoms with Crippen LogP contribution < -0.4 is 0 Å². The largest absolute Gasteiger partial charge is 0.147 e. The van der Waals surface area contributed by atoms with Crippen LogP contribution in [-0.2, 0) is 15.3 Å². The average molecular weight is 451 g/mol. The van der Waals surface area contributed by atoms with E-state index in [0.29, 0.717) is 0 Å². The van der Waals surface area contributed by atoms with Gasteiger partial charge in [0.05, 0.1) is 0 Å². The van der Waals surface area contributed by atoms with E-state index < -0.39 is 15.3 Å². The van der Waals surface area contributed by atoms with Crippen molar-refractivity contribution in [2.75, 3.05) is 0 Å². The first-order valence-electron chi connectivity index (χ1n) is 9.63. The van der Waals surface area contributed by atoms with E-state index in [9.17, 15) is 0 Å². The molecule has 0 unspecified atom stereocenters. The predicted octanol–water partition coefficient (Wildman–Crippen LogP) is 9.08. The smallest absolute Gasteiger partial charge is 0.147 e.